The van der Waals surface area contributed by atoms with E-state index >= 15 is 0 Å². The highest BCUT2D eigenvalue weighted by atomic mass is 35.5. The quantitative estimate of drug-likeness (QED) is 0.484. The number of nitro groups is 1. The summed E-state index contributed by atoms with van der Waals surface area (Å²) in [7, 11) is 0. The molecular weight excluding hydrogens is 262 g/mol. The van der Waals surface area contributed by atoms with Gasteiger partial charge >= 0.3 is 5.97 Å². The zero-order valence-corrected chi connectivity index (χ0v) is 10.0. The maximum Gasteiger partial charge on any atom is 0.357 e. The van der Waals surface area contributed by atoms with E-state index in [2.05, 4.69) is 4.98 Å². The first-order chi connectivity index (χ1) is 8.54. The van der Waals surface area contributed by atoms with Crippen molar-refractivity contribution in [2.45, 2.75) is 6.92 Å². The molecule has 2 rings (SSSR count). The summed E-state index contributed by atoms with van der Waals surface area (Å²) >= 11 is 5.82. The van der Waals surface area contributed by atoms with Gasteiger partial charge in [0.2, 0.25) is 0 Å². The number of ether oxygens (including phenoxy) is 1. The van der Waals surface area contributed by atoms with E-state index in [9.17, 15) is 14.9 Å². The van der Waals surface area contributed by atoms with Gasteiger partial charge in [0, 0.05) is 6.07 Å². The minimum absolute atomic E-state index is 0.00205. The Morgan fingerprint density at radius 2 is 2.33 bits per heavy atom. The van der Waals surface area contributed by atoms with Crippen LogP contribution in [0.5, 0.6) is 0 Å². The van der Waals surface area contributed by atoms with Crippen LogP contribution in [0.15, 0.2) is 18.5 Å². The molecule has 0 saturated carbocycles. The maximum atomic E-state index is 11.5. The van der Waals surface area contributed by atoms with Crippen LogP contribution >= 0.6 is 11.6 Å². The van der Waals surface area contributed by atoms with Gasteiger partial charge in [-0.2, -0.15) is 0 Å². The van der Waals surface area contributed by atoms with E-state index in [0.29, 0.717) is 0 Å². The van der Waals surface area contributed by atoms with Gasteiger partial charge in [-0.3, -0.25) is 14.5 Å². The lowest BCUT2D eigenvalue weighted by Crippen LogP contribution is -2.07. The molecule has 0 fully saturated rings. The number of hydrogen-bond donors (Lipinski definition) is 0. The number of hydrogen-bond acceptors (Lipinski definition) is 5. The second kappa shape index (κ2) is 4.61. The zero-order chi connectivity index (χ0) is 13.3. The Morgan fingerprint density at radius 1 is 1.61 bits per heavy atom. The molecule has 0 aliphatic rings. The standard InChI is InChI=1S/C10H8ClN3O4/c1-2-18-10(15)6-3-7-8(14(16)17)4-9(11)13(7)5-12-6/h3-5H,2H2,1H3. The number of fused-ring (bicyclic) bond motifs is 1. The van der Waals surface area contributed by atoms with Crippen molar-refractivity contribution < 1.29 is 14.5 Å². The normalized spacial score (nSPS) is 10.6. The molecule has 0 bridgehead atoms. The topological polar surface area (TPSA) is 86.7 Å². The van der Waals surface area contributed by atoms with E-state index < -0.39 is 10.9 Å². The van der Waals surface area contributed by atoms with Gasteiger partial charge in [-0.05, 0) is 6.92 Å². The molecule has 2 aromatic rings. The third-order valence-electron chi connectivity index (χ3n) is 2.27. The van der Waals surface area contributed by atoms with Crippen molar-refractivity contribution in [1.82, 2.24) is 9.38 Å². The van der Waals surface area contributed by atoms with Crippen molar-refractivity contribution >= 4 is 28.8 Å². The highest BCUT2D eigenvalue weighted by molar-refractivity contribution is 6.30. The number of esters is 1. The molecule has 0 amide bonds. The Kier molecular flexibility index (Phi) is 3.15. The van der Waals surface area contributed by atoms with Crippen molar-refractivity contribution in [1.29, 1.82) is 0 Å². The van der Waals surface area contributed by atoms with Gasteiger partial charge in [0.15, 0.2) is 5.69 Å². The first kappa shape index (κ1) is 12.3. The molecule has 7 nitrogen and oxygen atoms in total. The summed E-state index contributed by atoms with van der Waals surface area (Å²) in [6.07, 6.45) is 1.25. The van der Waals surface area contributed by atoms with Crippen LogP contribution in [0.3, 0.4) is 0 Å². The Labute approximate surface area is 106 Å². The molecule has 0 radical (unpaired) electrons. The third kappa shape index (κ3) is 2.00. The summed E-state index contributed by atoms with van der Waals surface area (Å²) in [5.74, 6) is -0.633. The summed E-state index contributed by atoms with van der Waals surface area (Å²) in [5, 5.41) is 11.0. The molecule has 2 aromatic heterocycles. The molecule has 18 heavy (non-hydrogen) atoms. The highest BCUT2D eigenvalue weighted by Crippen LogP contribution is 2.27. The van der Waals surface area contributed by atoms with E-state index in [1.165, 1.54) is 22.9 Å². The fourth-order valence-electron chi connectivity index (χ4n) is 1.51. The van der Waals surface area contributed by atoms with E-state index in [1.54, 1.807) is 6.92 Å². The van der Waals surface area contributed by atoms with Crippen molar-refractivity contribution in [3.8, 4) is 0 Å². The summed E-state index contributed by atoms with van der Waals surface area (Å²) in [6.45, 7) is 1.86. The second-order valence-corrected chi connectivity index (χ2v) is 3.75. The number of rotatable bonds is 3. The van der Waals surface area contributed by atoms with Crippen molar-refractivity contribution in [2.75, 3.05) is 6.61 Å². The number of aromatic nitrogens is 2. The van der Waals surface area contributed by atoms with Crippen molar-refractivity contribution in [3.05, 3.63) is 39.4 Å². The van der Waals surface area contributed by atoms with Crippen LogP contribution in [0.1, 0.15) is 17.4 Å². The van der Waals surface area contributed by atoms with Gasteiger partial charge in [0.25, 0.3) is 5.69 Å². The molecule has 0 unspecified atom stereocenters. The van der Waals surface area contributed by atoms with Gasteiger partial charge in [-0.15, -0.1) is 0 Å². The fraction of sp³-hybridized carbons (Fsp3) is 0.200. The summed E-state index contributed by atoms with van der Waals surface area (Å²) < 4.78 is 6.09. The van der Waals surface area contributed by atoms with Crippen molar-refractivity contribution in [3.63, 3.8) is 0 Å². The van der Waals surface area contributed by atoms with Crippen LogP contribution in [0.4, 0.5) is 5.69 Å². The Bertz CT molecular complexity index is 637. The Hall–Kier alpha value is -2.15. The molecule has 0 spiro atoms. The monoisotopic (exact) mass is 269 g/mol. The zero-order valence-electron chi connectivity index (χ0n) is 9.29. The lowest BCUT2D eigenvalue weighted by molar-refractivity contribution is -0.383. The fourth-order valence-corrected chi connectivity index (χ4v) is 1.74. The molecule has 0 aliphatic carbocycles. The van der Waals surface area contributed by atoms with Gasteiger partial charge in [0.05, 0.1) is 17.6 Å². The van der Waals surface area contributed by atoms with Crippen LogP contribution in [-0.2, 0) is 4.74 Å². The molecule has 0 aliphatic heterocycles. The van der Waals surface area contributed by atoms with Crippen LogP contribution < -0.4 is 0 Å². The van der Waals surface area contributed by atoms with Crippen LogP contribution in [-0.4, -0.2) is 26.9 Å². The Balaban J connectivity index is 2.59. The average Bonchev–Trinajstić information content (AvgIpc) is 2.67. The number of carbonyl (C=O) groups excluding carboxylic acids is 1. The number of nitrogens with zero attached hydrogens (tertiary/aromatic N) is 3. The minimum Gasteiger partial charge on any atom is -0.461 e. The molecule has 2 heterocycles. The molecule has 0 saturated heterocycles. The molecular formula is C10H8ClN3O4. The predicted molar refractivity (Wildman–Crippen MR) is 62.8 cm³/mol. The highest BCUT2D eigenvalue weighted by Gasteiger charge is 2.19. The number of halogens is 1. The summed E-state index contributed by atoms with van der Waals surface area (Å²) in [4.78, 5) is 25.6. The second-order valence-electron chi connectivity index (χ2n) is 3.36. The van der Waals surface area contributed by atoms with Gasteiger partial charge < -0.3 is 4.74 Å². The molecule has 0 aromatic carbocycles. The van der Waals surface area contributed by atoms with E-state index in [0.717, 1.165) is 0 Å². The third-order valence-corrected chi connectivity index (χ3v) is 2.57. The van der Waals surface area contributed by atoms with Crippen LogP contribution in [0, 0.1) is 10.1 Å². The Morgan fingerprint density at radius 3 is 2.94 bits per heavy atom. The van der Waals surface area contributed by atoms with Gasteiger partial charge in [-0.1, -0.05) is 11.6 Å². The average molecular weight is 270 g/mol. The van der Waals surface area contributed by atoms with Gasteiger partial charge in [-0.25, -0.2) is 9.78 Å². The predicted octanol–water partition coefficient (Wildman–Crippen LogP) is 2.07. The first-order valence-electron chi connectivity index (χ1n) is 5.02. The molecule has 0 N–H and O–H groups in total. The van der Waals surface area contributed by atoms with Gasteiger partial charge in [0.1, 0.15) is 17.0 Å². The lowest BCUT2D eigenvalue weighted by Gasteiger charge is -2.01. The molecule has 0 atom stereocenters. The summed E-state index contributed by atoms with van der Waals surface area (Å²) in [5.41, 5.74) is 0.0122. The smallest absolute Gasteiger partial charge is 0.357 e. The van der Waals surface area contributed by atoms with E-state index in [1.807, 2.05) is 0 Å². The van der Waals surface area contributed by atoms with E-state index in [-0.39, 0.29) is 28.7 Å². The summed E-state index contributed by atoms with van der Waals surface area (Å²) in [6, 6.07) is 2.48. The molecule has 8 heteroatoms. The van der Waals surface area contributed by atoms with Crippen LogP contribution in [0.2, 0.25) is 5.15 Å². The lowest BCUT2D eigenvalue weighted by atomic mass is 10.3. The van der Waals surface area contributed by atoms with Crippen molar-refractivity contribution in [2.24, 2.45) is 0 Å². The minimum atomic E-state index is -0.633. The SMILES string of the molecule is CCOC(=O)c1cc2c([N+](=O)[O-])cc(Cl)n2cn1. The van der Waals surface area contributed by atoms with Crippen LogP contribution in [0.25, 0.3) is 5.52 Å². The molecule has 94 valence electrons. The first-order valence-corrected chi connectivity index (χ1v) is 5.40. The number of carbonyl (C=O) groups is 1. The van der Waals surface area contributed by atoms with E-state index in [4.69, 9.17) is 16.3 Å². The largest absolute Gasteiger partial charge is 0.461 e. The maximum absolute atomic E-state index is 11.5.